The number of benzene rings is 1. The summed E-state index contributed by atoms with van der Waals surface area (Å²) in [5.41, 5.74) is 0.846. The highest BCUT2D eigenvalue weighted by molar-refractivity contribution is 7.99. The van der Waals surface area contributed by atoms with E-state index in [1.54, 1.807) is 27.4 Å². The largest absolute Gasteiger partial charge is 0.496 e. The lowest BCUT2D eigenvalue weighted by atomic mass is 10.1. The molecule has 1 heterocycles. The van der Waals surface area contributed by atoms with E-state index in [2.05, 4.69) is 5.32 Å². The number of carbonyl (C=O) groups is 1. The fourth-order valence-corrected chi connectivity index (χ4v) is 3.30. The molecule has 1 fully saturated rings. The van der Waals surface area contributed by atoms with Crippen molar-refractivity contribution in [2.24, 2.45) is 0 Å². The van der Waals surface area contributed by atoms with Crippen LogP contribution in [0.15, 0.2) is 12.1 Å². The first kappa shape index (κ1) is 14.8. The summed E-state index contributed by atoms with van der Waals surface area (Å²) in [5.74, 6) is 1.46. The molecule has 0 radical (unpaired) electrons. The maximum Gasteiger partial charge on any atom is 0.321 e. The van der Waals surface area contributed by atoms with Gasteiger partial charge in [-0.05, 0) is 6.07 Å². The van der Waals surface area contributed by atoms with Crippen LogP contribution in [0.25, 0.3) is 0 Å². The number of carboxylic acid groups (broad SMARTS) is 1. The van der Waals surface area contributed by atoms with E-state index in [0.717, 1.165) is 5.56 Å². The number of rotatable bonds is 5. The molecule has 1 aliphatic rings. The van der Waals surface area contributed by atoms with Gasteiger partial charge in [0.2, 0.25) is 0 Å². The van der Waals surface area contributed by atoms with E-state index in [4.69, 9.17) is 19.3 Å². The van der Waals surface area contributed by atoms with E-state index in [9.17, 15) is 4.79 Å². The van der Waals surface area contributed by atoms with Crippen LogP contribution in [0.1, 0.15) is 10.9 Å². The lowest BCUT2D eigenvalue weighted by Crippen LogP contribution is -2.33. The molecule has 7 heteroatoms. The highest BCUT2D eigenvalue weighted by atomic mass is 32.2. The topological polar surface area (TPSA) is 77.0 Å². The second-order valence-corrected chi connectivity index (χ2v) is 5.36. The Labute approximate surface area is 121 Å². The number of nitrogens with one attached hydrogen (secondary N) is 1. The Morgan fingerprint density at radius 1 is 1.20 bits per heavy atom. The minimum absolute atomic E-state index is 0.147. The van der Waals surface area contributed by atoms with Gasteiger partial charge in [-0.3, -0.25) is 10.1 Å². The van der Waals surface area contributed by atoms with Gasteiger partial charge in [0.25, 0.3) is 0 Å². The molecule has 0 aromatic heterocycles. The molecule has 6 nitrogen and oxygen atoms in total. The van der Waals surface area contributed by atoms with Gasteiger partial charge in [0.1, 0.15) is 11.8 Å². The lowest BCUT2D eigenvalue weighted by Gasteiger charge is -2.18. The van der Waals surface area contributed by atoms with Crippen LogP contribution in [0.4, 0.5) is 0 Å². The van der Waals surface area contributed by atoms with Crippen molar-refractivity contribution >= 4 is 17.7 Å². The number of aliphatic carboxylic acids is 1. The molecule has 2 rings (SSSR count). The van der Waals surface area contributed by atoms with Crippen LogP contribution in [-0.4, -0.2) is 44.2 Å². The molecule has 1 aliphatic heterocycles. The van der Waals surface area contributed by atoms with Crippen molar-refractivity contribution < 1.29 is 24.1 Å². The number of hydrogen-bond acceptors (Lipinski definition) is 6. The van der Waals surface area contributed by atoms with Gasteiger partial charge in [0, 0.05) is 17.4 Å². The van der Waals surface area contributed by atoms with Crippen molar-refractivity contribution in [3.05, 3.63) is 17.7 Å². The van der Waals surface area contributed by atoms with Crippen LogP contribution >= 0.6 is 11.8 Å². The SMILES string of the molecule is COc1cc(OC)c([C@H]2N[C@H](C(=O)O)CS2)cc1OC. The van der Waals surface area contributed by atoms with Crippen molar-refractivity contribution in [3.63, 3.8) is 0 Å². The summed E-state index contributed by atoms with van der Waals surface area (Å²) in [6.07, 6.45) is 0. The van der Waals surface area contributed by atoms with E-state index in [0.29, 0.717) is 23.0 Å². The Morgan fingerprint density at radius 2 is 1.80 bits per heavy atom. The zero-order valence-electron chi connectivity index (χ0n) is 11.5. The maximum absolute atomic E-state index is 11.0. The molecule has 0 bridgehead atoms. The first-order valence-electron chi connectivity index (χ1n) is 6.01. The normalized spacial score (nSPS) is 21.6. The van der Waals surface area contributed by atoms with Crippen molar-refractivity contribution in [1.29, 1.82) is 0 Å². The molecule has 1 aromatic rings. The number of thioether (sulfide) groups is 1. The molecular weight excluding hydrogens is 282 g/mol. The molecule has 20 heavy (non-hydrogen) atoms. The van der Waals surface area contributed by atoms with Crippen molar-refractivity contribution in [2.75, 3.05) is 27.1 Å². The molecule has 0 spiro atoms. The second kappa shape index (κ2) is 6.23. The zero-order valence-corrected chi connectivity index (χ0v) is 12.3. The Hall–Kier alpha value is -1.60. The van der Waals surface area contributed by atoms with Gasteiger partial charge in [-0.15, -0.1) is 11.8 Å². The van der Waals surface area contributed by atoms with Crippen LogP contribution in [0.3, 0.4) is 0 Å². The summed E-state index contributed by atoms with van der Waals surface area (Å²) in [5, 5.41) is 11.9. The molecular formula is C13H17NO5S. The van der Waals surface area contributed by atoms with Gasteiger partial charge >= 0.3 is 5.97 Å². The minimum Gasteiger partial charge on any atom is -0.496 e. The van der Waals surface area contributed by atoms with Gasteiger partial charge in [0.05, 0.1) is 26.7 Å². The predicted octanol–water partition coefficient (Wildman–Crippen LogP) is 1.50. The Morgan fingerprint density at radius 3 is 2.30 bits per heavy atom. The fourth-order valence-electron chi connectivity index (χ4n) is 2.05. The highest BCUT2D eigenvalue weighted by Gasteiger charge is 2.32. The van der Waals surface area contributed by atoms with E-state index in [1.807, 2.05) is 6.07 Å². The molecule has 110 valence electrons. The summed E-state index contributed by atoms with van der Waals surface area (Å²) in [6, 6.07) is 3.00. The van der Waals surface area contributed by atoms with Gasteiger partial charge in [-0.2, -0.15) is 0 Å². The van der Waals surface area contributed by atoms with Crippen LogP contribution in [0, 0.1) is 0 Å². The lowest BCUT2D eigenvalue weighted by molar-refractivity contribution is -0.138. The van der Waals surface area contributed by atoms with Crippen molar-refractivity contribution in [2.45, 2.75) is 11.4 Å². The Balaban J connectivity index is 2.33. The fraction of sp³-hybridized carbons (Fsp3) is 0.462. The summed E-state index contributed by atoms with van der Waals surface area (Å²) >= 11 is 1.53. The molecule has 2 atom stereocenters. The molecule has 1 aromatic carbocycles. The van der Waals surface area contributed by atoms with Crippen LogP contribution in [0.2, 0.25) is 0 Å². The van der Waals surface area contributed by atoms with E-state index in [-0.39, 0.29) is 5.37 Å². The van der Waals surface area contributed by atoms with Gasteiger partial charge in [-0.1, -0.05) is 0 Å². The molecule has 0 aliphatic carbocycles. The Bertz CT molecular complexity index is 508. The van der Waals surface area contributed by atoms with Crippen LogP contribution < -0.4 is 19.5 Å². The monoisotopic (exact) mass is 299 g/mol. The average molecular weight is 299 g/mol. The predicted molar refractivity (Wildman–Crippen MR) is 75.9 cm³/mol. The van der Waals surface area contributed by atoms with Crippen LogP contribution in [-0.2, 0) is 4.79 Å². The molecule has 1 saturated heterocycles. The van der Waals surface area contributed by atoms with E-state index < -0.39 is 12.0 Å². The summed E-state index contributed by atoms with van der Waals surface area (Å²) in [4.78, 5) is 11.0. The maximum atomic E-state index is 11.0. The summed E-state index contributed by atoms with van der Waals surface area (Å²) in [7, 11) is 4.68. The molecule has 2 N–H and O–H groups in total. The third kappa shape index (κ3) is 2.78. The number of carboxylic acids is 1. The first-order valence-corrected chi connectivity index (χ1v) is 7.06. The van der Waals surface area contributed by atoms with Gasteiger partial charge in [0.15, 0.2) is 11.5 Å². The zero-order chi connectivity index (χ0) is 14.7. The second-order valence-electron chi connectivity index (χ2n) is 4.22. The minimum atomic E-state index is -0.848. The van der Waals surface area contributed by atoms with Crippen LogP contribution in [0.5, 0.6) is 17.2 Å². The molecule has 0 amide bonds. The smallest absolute Gasteiger partial charge is 0.321 e. The molecule has 0 unspecified atom stereocenters. The average Bonchev–Trinajstić information content (AvgIpc) is 2.95. The number of methoxy groups -OCH3 is 3. The summed E-state index contributed by atoms with van der Waals surface area (Å²) in [6.45, 7) is 0. The van der Waals surface area contributed by atoms with Crippen molar-refractivity contribution in [1.82, 2.24) is 5.32 Å². The quantitative estimate of drug-likeness (QED) is 0.853. The highest BCUT2D eigenvalue weighted by Crippen LogP contribution is 2.43. The van der Waals surface area contributed by atoms with Gasteiger partial charge in [-0.25, -0.2) is 0 Å². The number of ether oxygens (including phenoxy) is 3. The number of hydrogen-bond donors (Lipinski definition) is 2. The van der Waals surface area contributed by atoms with Gasteiger partial charge < -0.3 is 19.3 Å². The van der Waals surface area contributed by atoms with E-state index >= 15 is 0 Å². The third-order valence-electron chi connectivity index (χ3n) is 3.10. The molecule has 0 saturated carbocycles. The Kier molecular flexibility index (Phi) is 4.61. The first-order chi connectivity index (χ1) is 9.60. The standard InChI is InChI=1S/C13H17NO5S/c1-17-9-5-11(19-3)10(18-2)4-7(9)12-14-8(6-20-12)13(15)16/h4-5,8,12,14H,6H2,1-3H3,(H,15,16)/t8-,12-/m0/s1. The van der Waals surface area contributed by atoms with E-state index in [1.165, 1.54) is 11.8 Å². The third-order valence-corrected chi connectivity index (χ3v) is 4.35. The summed E-state index contributed by atoms with van der Waals surface area (Å²) < 4.78 is 15.9. The van der Waals surface area contributed by atoms with Crippen molar-refractivity contribution in [3.8, 4) is 17.2 Å².